The highest BCUT2D eigenvalue weighted by atomic mass is 79.9. The van der Waals surface area contributed by atoms with Crippen molar-refractivity contribution in [3.8, 4) is 5.75 Å². The molecule has 1 heterocycles. The second-order valence-electron chi connectivity index (χ2n) is 8.95. The second kappa shape index (κ2) is 10.6. The number of aliphatic hydroxyl groups excluding tert-OH is 1. The molecule has 1 aliphatic rings. The molecular formula is C29H29BrN2O4. The van der Waals surface area contributed by atoms with Crippen molar-refractivity contribution in [1.82, 2.24) is 4.90 Å². The molecule has 4 rings (SSSR count). The minimum Gasteiger partial charge on any atom is -0.507 e. The highest BCUT2D eigenvalue weighted by Crippen LogP contribution is 2.41. The Hall–Kier alpha value is -3.58. The van der Waals surface area contributed by atoms with Crippen molar-refractivity contribution in [3.05, 3.63) is 99.0 Å². The molecule has 1 N–H and O–H groups in total. The lowest BCUT2D eigenvalue weighted by Crippen LogP contribution is -2.29. The predicted octanol–water partition coefficient (Wildman–Crippen LogP) is 5.84. The van der Waals surface area contributed by atoms with Crippen LogP contribution in [-0.4, -0.2) is 42.4 Å². The van der Waals surface area contributed by atoms with E-state index in [1.165, 1.54) is 4.90 Å². The third kappa shape index (κ3) is 5.02. The Morgan fingerprint density at radius 3 is 2.28 bits per heavy atom. The summed E-state index contributed by atoms with van der Waals surface area (Å²) in [5, 5.41) is 11.3. The summed E-state index contributed by atoms with van der Waals surface area (Å²) in [6, 6.07) is 19.8. The van der Waals surface area contributed by atoms with Crippen molar-refractivity contribution in [2.75, 3.05) is 25.6 Å². The van der Waals surface area contributed by atoms with Crippen molar-refractivity contribution >= 4 is 39.1 Å². The van der Waals surface area contributed by atoms with E-state index in [9.17, 15) is 14.7 Å². The number of halogens is 1. The SMILES string of the molecule is CCOc1ccc(CN2C(=O)C(=O)/C(=C(\O)c3ccc(Br)c(C)c3)C2c2ccc(N(C)C)cc2)cc1. The van der Waals surface area contributed by atoms with Gasteiger partial charge in [0.05, 0.1) is 18.2 Å². The zero-order chi connectivity index (χ0) is 26.0. The number of ketones is 1. The number of carbonyl (C=O) groups is 2. The van der Waals surface area contributed by atoms with Gasteiger partial charge in [0.15, 0.2) is 0 Å². The molecule has 1 atom stereocenters. The van der Waals surface area contributed by atoms with E-state index in [2.05, 4.69) is 15.9 Å². The fourth-order valence-electron chi connectivity index (χ4n) is 4.35. The van der Waals surface area contributed by atoms with E-state index in [-0.39, 0.29) is 17.9 Å². The summed E-state index contributed by atoms with van der Waals surface area (Å²) in [7, 11) is 3.89. The van der Waals surface area contributed by atoms with Crippen LogP contribution in [0, 0.1) is 6.92 Å². The Morgan fingerprint density at radius 2 is 1.69 bits per heavy atom. The average Bonchev–Trinajstić information content (AvgIpc) is 3.11. The quantitative estimate of drug-likeness (QED) is 0.228. The van der Waals surface area contributed by atoms with Crippen LogP contribution in [0.25, 0.3) is 5.76 Å². The first-order chi connectivity index (χ1) is 17.2. The number of benzene rings is 3. The number of Topliss-reactive ketones (excluding diaryl/α,β-unsaturated/α-hetero) is 1. The molecule has 3 aromatic rings. The number of amides is 1. The van der Waals surface area contributed by atoms with Crippen LogP contribution in [-0.2, 0) is 16.1 Å². The van der Waals surface area contributed by atoms with Crippen LogP contribution in [0.5, 0.6) is 5.75 Å². The van der Waals surface area contributed by atoms with Gasteiger partial charge in [0.25, 0.3) is 11.7 Å². The molecule has 0 radical (unpaired) electrons. The van der Waals surface area contributed by atoms with Crippen LogP contribution in [0.4, 0.5) is 5.69 Å². The standard InChI is InChI=1S/C29H29BrN2O4/c1-5-36-23-13-6-19(7-14-23)17-32-26(20-8-11-22(12-9-20)31(3)4)25(28(34)29(32)35)27(33)21-10-15-24(30)18(2)16-21/h6-16,26,33H,5,17H2,1-4H3/b27-25-. The van der Waals surface area contributed by atoms with E-state index in [4.69, 9.17) is 4.74 Å². The van der Waals surface area contributed by atoms with Crippen LogP contribution in [0.3, 0.4) is 0 Å². The monoisotopic (exact) mass is 548 g/mol. The van der Waals surface area contributed by atoms with E-state index >= 15 is 0 Å². The molecule has 1 amide bonds. The zero-order valence-electron chi connectivity index (χ0n) is 20.8. The van der Waals surface area contributed by atoms with E-state index in [0.717, 1.165) is 32.6 Å². The van der Waals surface area contributed by atoms with Gasteiger partial charge >= 0.3 is 0 Å². The largest absolute Gasteiger partial charge is 0.507 e. The maximum Gasteiger partial charge on any atom is 0.295 e. The number of nitrogens with zero attached hydrogens (tertiary/aromatic N) is 2. The topological polar surface area (TPSA) is 70.1 Å². The van der Waals surface area contributed by atoms with Gasteiger partial charge in [-0.1, -0.05) is 46.3 Å². The predicted molar refractivity (Wildman–Crippen MR) is 145 cm³/mol. The molecule has 0 saturated carbocycles. The van der Waals surface area contributed by atoms with Gasteiger partial charge in [-0.25, -0.2) is 0 Å². The van der Waals surface area contributed by atoms with Gasteiger partial charge in [-0.05, 0) is 66.9 Å². The van der Waals surface area contributed by atoms with Crippen molar-refractivity contribution in [2.24, 2.45) is 0 Å². The van der Waals surface area contributed by atoms with Gasteiger partial charge in [-0.2, -0.15) is 0 Å². The molecule has 3 aromatic carbocycles. The molecule has 7 heteroatoms. The Labute approximate surface area is 219 Å². The molecule has 36 heavy (non-hydrogen) atoms. The molecule has 186 valence electrons. The number of aryl methyl sites for hydroxylation is 1. The number of likely N-dealkylation sites (tertiary alicyclic amines) is 1. The van der Waals surface area contributed by atoms with E-state index in [0.29, 0.717) is 12.2 Å². The number of rotatable bonds is 7. The van der Waals surface area contributed by atoms with Gasteiger partial charge in [0.1, 0.15) is 11.5 Å². The molecule has 1 aliphatic heterocycles. The van der Waals surface area contributed by atoms with Gasteiger partial charge < -0.3 is 19.6 Å². The molecule has 0 aromatic heterocycles. The smallest absolute Gasteiger partial charge is 0.295 e. The maximum atomic E-state index is 13.3. The molecule has 0 aliphatic carbocycles. The highest BCUT2D eigenvalue weighted by molar-refractivity contribution is 9.10. The minimum absolute atomic E-state index is 0.0882. The lowest BCUT2D eigenvalue weighted by atomic mass is 9.94. The molecular weight excluding hydrogens is 520 g/mol. The fraction of sp³-hybridized carbons (Fsp3) is 0.241. The Morgan fingerprint density at radius 1 is 1.03 bits per heavy atom. The number of anilines is 1. The van der Waals surface area contributed by atoms with E-state index in [1.807, 2.05) is 87.4 Å². The summed E-state index contributed by atoms with van der Waals surface area (Å²) >= 11 is 3.47. The number of hydrogen-bond donors (Lipinski definition) is 1. The van der Waals surface area contributed by atoms with Crippen LogP contribution in [0.2, 0.25) is 0 Å². The maximum absolute atomic E-state index is 13.3. The number of hydrogen-bond acceptors (Lipinski definition) is 5. The summed E-state index contributed by atoms with van der Waals surface area (Å²) in [4.78, 5) is 30.1. The summed E-state index contributed by atoms with van der Waals surface area (Å²) < 4.78 is 6.42. The Kier molecular flexibility index (Phi) is 7.50. The van der Waals surface area contributed by atoms with Gasteiger partial charge in [-0.15, -0.1) is 0 Å². The van der Waals surface area contributed by atoms with Crippen LogP contribution < -0.4 is 9.64 Å². The van der Waals surface area contributed by atoms with E-state index in [1.54, 1.807) is 12.1 Å². The van der Waals surface area contributed by atoms with E-state index < -0.39 is 17.7 Å². The van der Waals surface area contributed by atoms with Crippen molar-refractivity contribution in [1.29, 1.82) is 0 Å². The van der Waals surface area contributed by atoms with Crippen LogP contribution in [0.15, 0.2) is 76.8 Å². The highest BCUT2D eigenvalue weighted by Gasteiger charge is 2.46. The van der Waals surface area contributed by atoms with Crippen molar-refractivity contribution < 1.29 is 19.4 Å². The van der Waals surface area contributed by atoms with Gasteiger partial charge in [0, 0.05) is 36.4 Å². The molecule has 1 saturated heterocycles. The minimum atomic E-state index is -0.725. The van der Waals surface area contributed by atoms with Crippen LogP contribution in [0.1, 0.15) is 35.2 Å². The number of ether oxygens (including phenoxy) is 1. The number of carbonyl (C=O) groups excluding carboxylic acids is 2. The summed E-state index contributed by atoms with van der Waals surface area (Å²) in [6.07, 6.45) is 0. The third-order valence-electron chi connectivity index (χ3n) is 6.28. The third-order valence-corrected chi connectivity index (χ3v) is 7.17. The van der Waals surface area contributed by atoms with Crippen molar-refractivity contribution in [3.63, 3.8) is 0 Å². The summed E-state index contributed by atoms with van der Waals surface area (Å²) in [6.45, 7) is 4.60. The zero-order valence-corrected chi connectivity index (χ0v) is 22.4. The molecule has 6 nitrogen and oxygen atoms in total. The summed E-state index contributed by atoms with van der Waals surface area (Å²) in [5.41, 5.74) is 4.09. The molecule has 0 bridgehead atoms. The van der Waals surface area contributed by atoms with Gasteiger partial charge in [-0.3, -0.25) is 9.59 Å². The Balaban J connectivity index is 1.81. The summed E-state index contributed by atoms with van der Waals surface area (Å²) in [5.74, 6) is -0.772. The van der Waals surface area contributed by atoms with Gasteiger partial charge in [0.2, 0.25) is 0 Å². The first-order valence-corrected chi connectivity index (χ1v) is 12.5. The fourth-order valence-corrected chi connectivity index (χ4v) is 4.59. The normalized spacial score (nSPS) is 16.9. The molecule has 0 spiro atoms. The lowest BCUT2D eigenvalue weighted by molar-refractivity contribution is -0.140. The lowest BCUT2D eigenvalue weighted by Gasteiger charge is -2.26. The van der Waals surface area contributed by atoms with Crippen LogP contribution >= 0.6 is 15.9 Å². The average molecular weight is 549 g/mol. The first-order valence-electron chi connectivity index (χ1n) is 11.7. The molecule has 1 fully saturated rings. The first kappa shape index (κ1) is 25.5. The van der Waals surface area contributed by atoms with Crippen molar-refractivity contribution in [2.45, 2.75) is 26.4 Å². The molecule has 1 unspecified atom stereocenters. The Bertz CT molecular complexity index is 1310. The number of aliphatic hydroxyl groups is 1. The second-order valence-corrected chi connectivity index (χ2v) is 9.81.